The van der Waals surface area contributed by atoms with Gasteiger partial charge < -0.3 is 15.2 Å². The Kier molecular flexibility index (Phi) is 2.40. The van der Waals surface area contributed by atoms with Gasteiger partial charge in [-0.05, 0) is 12.5 Å². The molecule has 2 rings (SSSR count). The number of aryl methyl sites for hydroxylation is 1. The van der Waals surface area contributed by atoms with Gasteiger partial charge in [0.1, 0.15) is 5.75 Å². The summed E-state index contributed by atoms with van der Waals surface area (Å²) in [6, 6.07) is 0. The molecule has 15 heavy (non-hydrogen) atoms. The van der Waals surface area contributed by atoms with Crippen molar-refractivity contribution in [1.82, 2.24) is 4.98 Å². The van der Waals surface area contributed by atoms with Crippen LogP contribution in [0, 0.1) is 6.92 Å². The molecule has 0 spiro atoms. The molecule has 1 aromatic rings. The third-order valence-electron chi connectivity index (χ3n) is 2.54. The van der Waals surface area contributed by atoms with Gasteiger partial charge >= 0.3 is 0 Å². The van der Waals surface area contributed by atoms with Gasteiger partial charge in [-0.25, -0.2) is 0 Å². The first-order valence-corrected chi connectivity index (χ1v) is 5.04. The number of hydrogen-bond acceptors (Lipinski definition) is 4. The predicted molar refractivity (Wildman–Crippen MR) is 56.4 cm³/mol. The summed E-state index contributed by atoms with van der Waals surface area (Å²) in [6.07, 6.45) is 1.79. The highest BCUT2D eigenvalue weighted by atomic mass is 16.7. The van der Waals surface area contributed by atoms with Gasteiger partial charge in [0.2, 0.25) is 5.79 Å². The number of hydrogen-bond donors (Lipinski definition) is 1. The van der Waals surface area contributed by atoms with Crippen molar-refractivity contribution in [3.63, 3.8) is 0 Å². The van der Waals surface area contributed by atoms with Crippen LogP contribution in [-0.4, -0.2) is 10.8 Å². The van der Waals surface area contributed by atoms with Crippen LogP contribution in [0.1, 0.15) is 30.7 Å². The Morgan fingerprint density at radius 3 is 2.93 bits per heavy atom. The fourth-order valence-electron chi connectivity index (χ4n) is 1.67. The van der Waals surface area contributed by atoms with Crippen LogP contribution < -0.4 is 10.5 Å². The summed E-state index contributed by atoms with van der Waals surface area (Å²) in [5.74, 6) is 0.251. The minimum atomic E-state index is -0.577. The molecule has 2 N–H and O–H groups in total. The maximum Gasteiger partial charge on any atom is 0.205 e. The Hall–Kier alpha value is -1.13. The van der Waals surface area contributed by atoms with E-state index in [1.165, 1.54) is 0 Å². The standard InChI is InChI=1S/C11H16N2O2/c1-7-10-9(8(4-12)5-13-7)6-14-11(2,3)15-10/h5H,4,6,12H2,1-3H3. The van der Waals surface area contributed by atoms with Crippen LogP contribution in [0.4, 0.5) is 0 Å². The van der Waals surface area contributed by atoms with Gasteiger partial charge in [0, 0.05) is 32.2 Å². The van der Waals surface area contributed by atoms with Crippen molar-refractivity contribution in [2.24, 2.45) is 5.73 Å². The number of fused-ring (bicyclic) bond motifs is 1. The molecule has 0 radical (unpaired) electrons. The number of rotatable bonds is 1. The van der Waals surface area contributed by atoms with Crippen LogP contribution in [-0.2, 0) is 17.9 Å². The van der Waals surface area contributed by atoms with Gasteiger partial charge in [-0.15, -0.1) is 0 Å². The second-order valence-electron chi connectivity index (χ2n) is 4.17. The predicted octanol–water partition coefficient (Wildman–Crippen LogP) is 1.49. The van der Waals surface area contributed by atoms with Crippen molar-refractivity contribution < 1.29 is 9.47 Å². The van der Waals surface area contributed by atoms with E-state index in [0.29, 0.717) is 13.2 Å². The molecule has 4 nitrogen and oxygen atoms in total. The minimum absolute atomic E-state index is 0.461. The first-order valence-electron chi connectivity index (χ1n) is 5.04. The Labute approximate surface area is 89.4 Å². The van der Waals surface area contributed by atoms with Crippen LogP contribution in [0.2, 0.25) is 0 Å². The van der Waals surface area contributed by atoms with Gasteiger partial charge in [-0.3, -0.25) is 4.98 Å². The van der Waals surface area contributed by atoms with Gasteiger partial charge in [0.15, 0.2) is 0 Å². The maximum atomic E-state index is 5.75. The van der Waals surface area contributed by atoms with Gasteiger partial charge in [0.05, 0.1) is 12.3 Å². The quantitative estimate of drug-likeness (QED) is 0.759. The highest BCUT2D eigenvalue weighted by Gasteiger charge is 2.30. The largest absolute Gasteiger partial charge is 0.461 e. The zero-order valence-corrected chi connectivity index (χ0v) is 9.33. The molecule has 0 aromatic carbocycles. The smallest absolute Gasteiger partial charge is 0.205 e. The lowest BCUT2D eigenvalue weighted by Gasteiger charge is -2.34. The molecule has 1 aromatic heterocycles. The van der Waals surface area contributed by atoms with E-state index in [4.69, 9.17) is 15.2 Å². The van der Waals surface area contributed by atoms with E-state index in [1.54, 1.807) is 6.20 Å². The monoisotopic (exact) mass is 208 g/mol. The summed E-state index contributed by atoms with van der Waals surface area (Å²) in [7, 11) is 0. The fourth-order valence-corrected chi connectivity index (χ4v) is 1.67. The Morgan fingerprint density at radius 1 is 1.53 bits per heavy atom. The summed E-state index contributed by atoms with van der Waals surface area (Å²) in [6.45, 7) is 6.72. The highest BCUT2D eigenvalue weighted by molar-refractivity contribution is 5.42. The molecular formula is C11H16N2O2. The van der Waals surface area contributed by atoms with Crippen molar-refractivity contribution in [2.45, 2.75) is 39.7 Å². The fraction of sp³-hybridized carbons (Fsp3) is 0.545. The number of nitrogens with zero attached hydrogens (tertiary/aromatic N) is 1. The Morgan fingerprint density at radius 2 is 2.27 bits per heavy atom. The van der Waals surface area contributed by atoms with E-state index in [9.17, 15) is 0 Å². The Balaban J connectivity index is 2.50. The topological polar surface area (TPSA) is 57.4 Å². The third-order valence-corrected chi connectivity index (χ3v) is 2.54. The molecule has 0 unspecified atom stereocenters. The van der Waals surface area contributed by atoms with Gasteiger partial charge in [-0.1, -0.05) is 0 Å². The number of aromatic nitrogens is 1. The first-order chi connectivity index (χ1) is 7.03. The van der Waals surface area contributed by atoms with Crippen molar-refractivity contribution in [2.75, 3.05) is 0 Å². The highest BCUT2D eigenvalue weighted by Crippen LogP contribution is 2.34. The van der Waals surface area contributed by atoms with Gasteiger partial charge in [0.25, 0.3) is 0 Å². The summed E-state index contributed by atoms with van der Waals surface area (Å²) in [5.41, 5.74) is 8.55. The number of pyridine rings is 1. The van der Waals surface area contributed by atoms with Crippen molar-refractivity contribution >= 4 is 0 Å². The lowest BCUT2D eigenvalue weighted by Crippen LogP contribution is -2.36. The summed E-state index contributed by atoms with van der Waals surface area (Å²) in [4.78, 5) is 4.27. The molecule has 0 saturated heterocycles. The number of ether oxygens (including phenoxy) is 2. The lowest BCUT2D eigenvalue weighted by atomic mass is 10.1. The molecule has 0 saturated carbocycles. The molecule has 82 valence electrons. The normalized spacial score (nSPS) is 18.1. The summed E-state index contributed by atoms with van der Waals surface area (Å²) >= 11 is 0. The number of nitrogens with two attached hydrogens (primary N) is 1. The average molecular weight is 208 g/mol. The molecular weight excluding hydrogens is 192 g/mol. The molecule has 0 amide bonds. The molecule has 0 fully saturated rings. The Bertz CT molecular complexity index is 388. The van der Waals surface area contributed by atoms with Crippen LogP contribution in [0.3, 0.4) is 0 Å². The van der Waals surface area contributed by atoms with Crippen LogP contribution in [0.5, 0.6) is 5.75 Å². The molecule has 0 aliphatic carbocycles. The van der Waals surface area contributed by atoms with E-state index in [2.05, 4.69) is 4.98 Å². The lowest BCUT2D eigenvalue weighted by molar-refractivity contribution is -0.180. The molecule has 1 aliphatic heterocycles. The summed E-state index contributed by atoms with van der Waals surface area (Å²) < 4.78 is 11.3. The van der Waals surface area contributed by atoms with Crippen LogP contribution in [0.25, 0.3) is 0 Å². The van der Waals surface area contributed by atoms with E-state index < -0.39 is 5.79 Å². The second-order valence-corrected chi connectivity index (χ2v) is 4.17. The van der Waals surface area contributed by atoms with Crippen molar-refractivity contribution in [3.8, 4) is 5.75 Å². The molecule has 1 aliphatic rings. The second kappa shape index (κ2) is 3.47. The zero-order valence-electron chi connectivity index (χ0n) is 9.33. The first kappa shape index (κ1) is 10.4. The summed E-state index contributed by atoms with van der Waals surface area (Å²) in [5, 5.41) is 0. The maximum absolute atomic E-state index is 5.75. The van der Waals surface area contributed by atoms with Crippen LogP contribution >= 0.6 is 0 Å². The van der Waals surface area contributed by atoms with E-state index in [1.807, 2.05) is 20.8 Å². The average Bonchev–Trinajstić information content (AvgIpc) is 2.18. The van der Waals surface area contributed by atoms with E-state index >= 15 is 0 Å². The van der Waals surface area contributed by atoms with Gasteiger partial charge in [-0.2, -0.15) is 0 Å². The molecule has 4 heteroatoms. The van der Waals surface area contributed by atoms with Crippen LogP contribution in [0.15, 0.2) is 6.20 Å². The SMILES string of the molecule is Cc1ncc(CN)c2c1OC(C)(C)OC2. The minimum Gasteiger partial charge on any atom is -0.461 e. The van der Waals surface area contributed by atoms with Crippen molar-refractivity contribution in [1.29, 1.82) is 0 Å². The molecule has 0 atom stereocenters. The van der Waals surface area contributed by atoms with Crippen molar-refractivity contribution in [3.05, 3.63) is 23.0 Å². The zero-order chi connectivity index (χ0) is 11.1. The molecule has 0 bridgehead atoms. The molecule has 2 heterocycles. The van der Waals surface area contributed by atoms with E-state index in [0.717, 1.165) is 22.6 Å². The third kappa shape index (κ3) is 1.82. The van der Waals surface area contributed by atoms with E-state index in [-0.39, 0.29) is 0 Å².